The number of benzene rings is 2. The summed E-state index contributed by atoms with van der Waals surface area (Å²) in [5.74, 6) is 1.08. The van der Waals surface area contributed by atoms with Crippen LogP contribution in [0.25, 0.3) is 5.52 Å². The van der Waals surface area contributed by atoms with Gasteiger partial charge in [-0.05, 0) is 49.2 Å². The molecule has 0 bridgehead atoms. The van der Waals surface area contributed by atoms with Crippen LogP contribution in [0.4, 0.5) is 27.7 Å². The quantitative estimate of drug-likeness (QED) is 0.382. The van der Waals surface area contributed by atoms with Crippen LogP contribution in [-0.2, 0) is 0 Å². The van der Waals surface area contributed by atoms with Crippen molar-refractivity contribution in [1.29, 1.82) is 0 Å². The van der Waals surface area contributed by atoms with Gasteiger partial charge in [0.25, 0.3) is 5.91 Å². The van der Waals surface area contributed by atoms with Crippen LogP contribution >= 0.6 is 0 Å². The van der Waals surface area contributed by atoms with Crippen LogP contribution in [0, 0.1) is 0 Å². The smallest absolute Gasteiger partial charge is 0.323 e. The van der Waals surface area contributed by atoms with E-state index in [9.17, 15) is 9.59 Å². The minimum absolute atomic E-state index is 0.252. The van der Waals surface area contributed by atoms with Crippen molar-refractivity contribution in [3.8, 4) is 0 Å². The molecule has 0 unspecified atom stereocenters. The van der Waals surface area contributed by atoms with E-state index in [-0.39, 0.29) is 23.5 Å². The highest BCUT2D eigenvalue weighted by atomic mass is 16.2. The van der Waals surface area contributed by atoms with E-state index in [2.05, 4.69) is 25.9 Å². The number of urea groups is 1. The Morgan fingerprint density at radius 2 is 1.53 bits per heavy atom. The molecule has 9 nitrogen and oxygen atoms in total. The van der Waals surface area contributed by atoms with Crippen molar-refractivity contribution < 1.29 is 9.59 Å². The second-order valence-electron chi connectivity index (χ2n) is 7.60. The first-order valence-corrected chi connectivity index (χ1v) is 10.3. The molecule has 0 aliphatic heterocycles. The Kier molecular flexibility index (Phi) is 4.91. The second-order valence-corrected chi connectivity index (χ2v) is 7.60. The molecule has 5 rings (SSSR count). The van der Waals surface area contributed by atoms with E-state index < -0.39 is 0 Å². The third-order valence-corrected chi connectivity index (χ3v) is 5.20. The molecule has 0 saturated heterocycles. The summed E-state index contributed by atoms with van der Waals surface area (Å²) >= 11 is 0. The van der Waals surface area contributed by atoms with Crippen LogP contribution < -0.4 is 21.7 Å². The minimum atomic E-state index is -0.364. The largest absolute Gasteiger partial charge is 0.382 e. The zero-order chi connectivity index (χ0) is 22.1. The van der Waals surface area contributed by atoms with E-state index in [1.165, 1.54) is 0 Å². The Morgan fingerprint density at radius 1 is 0.906 bits per heavy atom. The number of nitrogen functional groups attached to an aromatic ring is 1. The summed E-state index contributed by atoms with van der Waals surface area (Å²) in [4.78, 5) is 33.8. The van der Waals surface area contributed by atoms with Gasteiger partial charge in [-0.25, -0.2) is 14.8 Å². The normalized spacial score (nSPS) is 13.0. The molecule has 4 aromatic rings. The van der Waals surface area contributed by atoms with Crippen LogP contribution in [-0.4, -0.2) is 26.3 Å². The number of aromatic nitrogens is 3. The van der Waals surface area contributed by atoms with Gasteiger partial charge in [-0.3, -0.25) is 9.20 Å². The SMILES string of the molecule is Nc1nccn2c(C3CC3)nc(C(=O)Nc3ccc(NC(=O)Nc4ccccc4)cc3)c12. The lowest BCUT2D eigenvalue weighted by Gasteiger charge is -2.09. The van der Waals surface area contributed by atoms with Crippen molar-refractivity contribution in [2.45, 2.75) is 18.8 Å². The van der Waals surface area contributed by atoms with Crippen LogP contribution in [0.5, 0.6) is 0 Å². The van der Waals surface area contributed by atoms with Crippen molar-refractivity contribution in [2.24, 2.45) is 0 Å². The Balaban J connectivity index is 1.29. The molecule has 160 valence electrons. The third kappa shape index (κ3) is 3.95. The summed E-state index contributed by atoms with van der Waals surface area (Å²) in [6.07, 6.45) is 5.49. The van der Waals surface area contributed by atoms with Gasteiger partial charge in [-0.2, -0.15) is 0 Å². The number of amides is 3. The van der Waals surface area contributed by atoms with E-state index in [0.717, 1.165) is 18.7 Å². The van der Waals surface area contributed by atoms with E-state index in [1.54, 1.807) is 48.8 Å². The number of carbonyl (C=O) groups is 2. The molecule has 0 radical (unpaired) electrons. The Hall–Kier alpha value is -4.40. The van der Waals surface area contributed by atoms with Gasteiger partial charge in [-0.15, -0.1) is 0 Å². The average Bonchev–Trinajstić information content (AvgIpc) is 3.55. The highest BCUT2D eigenvalue weighted by Crippen LogP contribution is 2.40. The lowest BCUT2D eigenvalue weighted by atomic mass is 10.2. The van der Waals surface area contributed by atoms with Gasteiger partial charge < -0.3 is 21.7 Å². The first kappa shape index (κ1) is 19.6. The van der Waals surface area contributed by atoms with Gasteiger partial charge >= 0.3 is 6.03 Å². The maximum Gasteiger partial charge on any atom is 0.323 e. The zero-order valence-corrected chi connectivity index (χ0v) is 17.1. The Labute approximate surface area is 183 Å². The third-order valence-electron chi connectivity index (χ3n) is 5.20. The van der Waals surface area contributed by atoms with Crippen molar-refractivity contribution in [3.63, 3.8) is 0 Å². The van der Waals surface area contributed by atoms with Crippen molar-refractivity contribution in [3.05, 3.63) is 78.5 Å². The zero-order valence-electron chi connectivity index (χ0n) is 17.1. The second kappa shape index (κ2) is 8.03. The van der Waals surface area contributed by atoms with E-state index in [4.69, 9.17) is 5.73 Å². The molecule has 1 fully saturated rings. The molecule has 5 N–H and O–H groups in total. The number of imidazole rings is 1. The molecular weight excluding hydrogens is 406 g/mol. The number of hydrogen-bond acceptors (Lipinski definition) is 5. The molecule has 3 amide bonds. The maximum absolute atomic E-state index is 13.0. The molecule has 1 aliphatic rings. The van der Waals surface area contributed by atoms with Gasteiger partial charge in [0.2, 0.25) is 0 Å². The van der Waals surface area contributed by atoms with Gasteiger partial charge in [0.1, 0.15) is 17.2 Å². The molecule has 2 aromatic heterocycles. The van der Waals surface area contributed by atoms with Crippen LogP contribution in [0.3, 0.4) is 0 Å². The predicted molar refractivity (Wildman–Crippen MR) is 123 cm³/mol. The standard InChI is InChI=1S/C23H21N7O2/c24-20-19-18(29-21(14-6-7-14)30(19)13-12-25-20)22(31)26-16-8-10-17(11-9-16)28-23(32)27-15-4-2-1-3-5-15/h1-5,8-14H,6-7H2,(H2,24,25)(H,26,31)(H2,27,28,32). The highest BCUT2D eigenvalue weighted by molar-refractivity contribution is 6.09. The van der Waals surface area contributed by atoms with Crippen molar-refractivity contribution in [2.75, 3.05) is 21.7 Å². The molecular formula is C23H21N7O2. The topological polar surface area (TPSA) is 126 Å². The molecule has 32 heavy (non-hydrogen) atoms. The molecule has 2 heterocycles. The summed E-state index contributed by atoms with van der Waals surface area (Å²) in [5, 5.41) is 8.35. The average molecular weight is 427 g/mol. The van der Waals surface area contributed by atoms with Gasteiger partial charge in [0, 0.05) is 35.4 Å². The van der Waals surface area contributed by atoms with Crippen LogP contribution in [0.2, 0.25) is 0 Å². The number of nitrogens with two attached hydrogens (primary N) is 1. The highest BCUT2D eigenvalue weighted by Gasteiger charge is 2.31. The van der Waals surface area contributed by atoms with E-state index in [1.807, 2.05) is 22.6 Å². The summed E-state index contributed by atoms with van der Waals surface area (Å²) < 4.78 is 1.85. The molecule has 1 saturated carbocycles. The molecule has 1 aliphatic carbocycles. The van der Waals surface area contributed by atoms with E-state index >= 15 is 0 Å². The number of nitrogens with one attached hydrogen (secondary N) is 3. The first-order chi connectivity index (χ1) is 15.6. The van der Waals surface area contributed by atoms with Gasteiger partial charge in [0.05, 0.1) is 0 Å². The monoisotopic (exact) mass is 427 g/mol. The maximum atomic E-state index is 13.0. The van der Waals surface area contributed by atoms with Crippen LogP contribution in [0.15, 0.2) is 67.0 Å². The first-order valence-electron chi connectivity index (χ1n) is 10.3. The minimum Gasteiger partial charge on any atom is -0.382 e. The number of anilines is 4. The number of fused-ring (bicyclic) bond motifs is 1. The molecule has 9 heteroatoms. The fraction of sp³-hybridized carbons (Fsp3) is 0.130. The van der Waals surface area contributed by atoms with Gasteiger partial charge in [-0.1, -0.05) is 18.2 Å². The number of para-hydroxylation sites is 1. The number of hydrogen-bond donors (Lipinski definition) is 4. The lowest BCUT2D eigenvalue weighted by molar-refractivity contribution is 0.102. The number of rotatable bonds is 5. The Morgan fingerprint density at radius 3 is 2.19 bits per heavy atom. The molecule has 0 atom stereocenters. The number of carbonyl (C=O) groups excluding carboxylic acids is 2. The van der Waals surface area contributed by atoms with E-state index in [0.29, 0.717) is 28.5 Å². The van der Waals surface area contributed by atoms with Gasteiger partial charge in [0.15, 0.2) is 5.69 Å². The van der Waals surface area contributed by atoms with Crippen LogP contribution in [0.1, 0.15) is 35.1 Å². The van der Waals surface area contributed by atoms with Crippen molar-refractivity contribution >= 4 is 40.3 Å². The summed E-state index contributed by atoms with van der Waals surface area (Å²) in [6, 6.07) is 15.6. The number of nitrogens with zero attached hydrogens (tertiary/aromatic N) is 3. The summed E-state index contributed by atoms with van der Waals surface area (Å²) in [5.41, 5.74) is 8.67. The molecule has 2 aromatic carbocycles. The van der Waals surface area contributed by atoms with Crippen molar-refractivity contribution in [1.82, 2.24) is 14.4 Å². The molecule has 0 spiro atoms. The summed E-state index contributed by atoms with van der Waals surface area (Å²) in [7, 11) is 0. The fourth-order valence-corrected chi connectivity index (χ4v) is 3.52. The fourth-order valence-electron chi connectivity index (χ4n) is 3.52. The predicted octanol–water partition coefficient (Wildman–Crippen LogP) is 4.09. The Bertz CT molecular complexity index is 1300. The lowest BCUT2D eigenvalue weighted by Crippen LogP contribution is -2.19. The summed E-state index contributed by atoms with van der Waals surface area (Å²) in [6.45, 7) is 0.